The summed E-state index contributed by atoms with van der Waals surface area (Å²) in [5, 5.41) is 5.12. The molecule has 0 saturated carbocycles. The lowest BCUT2D eigenvalue weighted by Gasteiger charge is -2.24. The van der Waals surface area contributed by atoms with Crippen molar-refractivity contribution in [1.29, 1.82) is 0 Å². The second-order valence-electron chi connectivity index (χ2n) is 5.04. The summed E-state index contributed by atoms with van der Waals surface area (Å²) in [7, 11) is 0. The van der Waals surface area contributed by atoms with Crippen molar-refractivity contribution in [3.05, 3.63) is 59.7 Å². The summed E-state index contributed by atoms with van der Waals surface area (Å²) in [6, 6.07) is 9.36. The fourth-order valence-electron chi connectivity index (χ4n) is 2.47. The van der Waals surface area contributed by atoms with Crippen LogP contribution in [-0.2, 0) is 9.59 Å². The molecule has 3 rings (SSSR count). The molecule has 22 heavy (non-hydrogen) atoms. The van der Waals surface area contributed by atoms with Crippen molar-refractivity contribution in [2.45, 2.75) is 12.3 Å². The lowest BCUT2D eigenvalue weighted by atomic mass is 9.89. The van der Waals surface area contributed by atoms with Gasteiger partial charge in [-0.1, -0.05) is 12.1 Å². The molecular weight excluding hydrogens is 290 g/mol. The highest BCUT2D eigenvalue weighted by atomic mass is 19.1. The van der Waals surface area contributed by atoms with Crippen LogP contribution in [0, 0.1) is 11.6 Å². The molecule has 0 aromatic heterocycles. The van der Waals surface area contributed by atoms with E-state index in [0.29, 0.717) is 11.3 Å². The summed E-state index contributed by atoms with van der Waals surface area (Å²) in [6.45, 7) is 0. The molecular formula is C16H12F2N2O2. The number of anilines is 2. The largest absolute Gasteiger partial charge is 0.326 e. The Kier molecular flexibility index (Phi) is 3.58. The van der Waals surface area contributed by atoms with Crippen LogP contribution in [0.4, 0.5) is 20.2 Å². The molecule has 2 aromatic carbocycles. The number of benzene rings is 2. The van der Waals surface area contributed by atoms with Gasteiger partial charge in [0.25, 0.3) is 0 Å². The third-order valence-electron chi connectivity index (χ3n) is 3.46. The highest BCUT2D eigenvalue weighted by Crippen LogP contribution is 2.33. The molecule has 2 aromatic rings. The van der Waals surface area contributed by atoms with Gasteiger partial charge in [-0.2, -0.15) is 0 Å². The van der Waals surface area contributed by atoms with Crippen LogP contribution in [-0.4, -0.2) is 11.8 Å². The topological polar surface area (TPSA) is 58.2 Å². The van der Waals surface area contributed by atoms with Crippen molar-refractivity contribution in [3.63, 3.8) is 0 Å². The van der Waals surface area contributed by atoms with Crippen molar-refractivity contribution in [2.24, 2.45) is 0 Å². The Bertz CT molecular complexity index is 762. The molecule has 0 radical (unpaired) electrons. The van der Waals surface area contributed by atoms with Crippen molar-refractivity contribution in [2.75, 3.05) is 10.6 Å². The third kappa shape index (κ3) is 2.81. The van der Waals surface area contributed by atoms with Gasteiger partial charge in [-0.3, -0.25) is 9.59 Å². The fraction of sp³-hybridized carbons (Fsp3) is 0.125. The molecule has 1 aliphatic heterocycles. The second-order valence-corrected chi connectivity index (χ2v) is 5.04. The number of hydrogen-bond donors (Lipinski definition) is 2. The van der Waals surface area contributed by atoms with Crippen molar-refractivity contribution in [3.8, 4) is 0 Å². The number of amides is 2. The van der Waals surface area contributed by atoms with Gasteiger partial charge in [-0.25, -0.2) is 8.78 Å². The first kappa shape index (κ1) is 14.2. The lowest BCUT2D eigenvalue weighted by molar-refractivity contribution is -0.123. The third-order valence-corrected chi connectivity index (χ3v) is 3.46. The molecule has 0 aliphatic carbocycles. The van der Waals surface area contributed by atoms with E-state index in [-0.39, 0.29) is 18.0 Å². The number of fused-ring (bicyclic) bond motifs is 1. The van der Waals surface area contributed by atoms with E-state index in [1.54, 1.807) is 6.07 Å². The van der Waals surface area contributed by atoms with Gasteiger partial charge >= 0.3 is 0 Å². The molecule has 6 heteroatoms. The molecule has 1 heterocycles. The molecule has 4 nitrogen and oxygen atoms in total. The number of carbonyl (C=O) groups is 2. The van der Waals surface area contributed by atoms with Gasteiger partial charge in [0.15, 0.2) is 0 Å². The normalized spacial score (nSPS) is 16.6. The SMILES string of the molecule is O=C1C[C@@H](C(=O)Nc2cccc(F)c2)c2ccc(F)cc2N1. The summed E-state index contributed by atoms with van der Waals surface area (Å²) in [6.07, 6.45) is -0.0419. The molecule has 2 N–H and O–H groups in total. The van der Waals surface area contributed by atoms with Crippen molar-refractivity contribution < 1.29 is 18.4 Å². The molecule has 0 saturated heterocycles. The van der Waals surface area contributed by atoms with Gasteiger partial charge in [-0.05, 0) is 35.9 Å². The monoisotopic (exact) mass is 302 g/mol. The van der Waals surface area contributed by atoms with Gasteiger partial charge in [0.05, 0.1) is 5.92 Å². The predicted octanol–water partition coefficient (Wildman–Crippen LogP) is 3.03. The maximum atomic E-state index is 13.2. The number of hydrogen-bond acceptors (Lipinski definition) is 2. The summed E-state index contributed by atoms with van der Waals surface area (Å²) >= 11 is 0. The van der Waals surface area contributed by atoms with E-state index in [9.17, 15) is 18.4 Å². The number of nitrogens with one attached hydrogen (secondary N) is 2. The zero-order valence-electron chi connectivity index (χ0n) is 11.4. The Balaban J connectivity index is 1.88. The van der Waals surface area contributed by atoms with Crippen molar-refractivity contribution in [1.82, 2.24) is 0 Å². The zero-order valence-corrected chi connectivity index (χ0v) is 11.4. The maximum absolute atomic E-state index is 13.2. The summed E-state index contributed by atoms with van der Waals surface area (Å²) in [5.41, 5.74) is 1.13. The minimum absolute atomic E-state index is 0.0419. The van der Waals surface area contributed by atoms with Crippen molar-refractivity contribution >= 4 is 23.2 Å². The standard InChI is InChI=1S/C16H12F2N2O2/c17-9-2-1-3-11(6-9)19-16(22)13-8-15(21)20-14-7-10(18)4-5-12(13)14/h1-7,13H,8H2,(H,19,22)(H,20,21)/t13-/m1/s1. The van der Waals surface area contributed by atoms with Gasteiger partial charge in [0, 0.05) is 17.8 Å². The van der Waals surface area contributed by atoms with Crippen LogP contribution >= 0.6 is 0 Å². The van der Waals surface area contributed by atoms with Crippen LogP contribution in [0.2, 0.25) is 0 Å². The minimum atomic E-state index is -0.743. The van der Waals surface area contributed by atoms with Gasteiger partial charge in [-0.15, -0.1) is 0 Å². The van der Waals surface area contributed by atoms with E-state index >= 15 is 0 Å². The Morgan fingerprint density at radius 3 is 2.68 bits per heavy atom. The molecule has 0 unspecified atom stereocenters. The second kappa shape index (κ2) is 5.55. The number of halogens is 2. The van der Waals surface area contributed by atoms with Gasteiger partial charge < -0.3 is 10.6 Å². The van der Waals surface area contributed by atoms with Crippen LogP contribution in [0.25, 0.3) is 0 Å². The highest BCUT2D eigenvalue weighted by Gasteiger charge is 2.31. The first-order chi connectivity index (χ1) is 10.5. The average molecular weight is 302 g/mol. The van der Waals surface area contributed by atoms with Gasteiger partial charge in [0.1, 0.15) is 11.6 Å². The van der Waals surface area contributed by atoms with E-state index in [1.807, 2.05) is 0 Å². The summed E-state index contributed by atoms with van der Waals surface area (Å²) < 4.78 is 26.4. The Labute approximate surface area is 125 Å². The fourth-order valence-corrected chi connectivity index (χ4v) is 2.47. The Hall–Kier alpha value is -2.76. The molecule has 0 bridgehead atoms. The van der Waals surface area contributed by atoms with Crippen LogP contribution in [0.3, 0.4) is 0 Å². The molecule has 2 amide bonds. The van der Waals surface area contributed by atoms with E-state index in [1.165, 1.54) is 36.4 Å². The van der Waals surface area contributed by atoms with Gasteiger partial charge in [0.2, 0.25) is 11.8 Å². The molecule has 0 spiro atoms. The summed E-state index contributed by atoms with van der Waals surface area (Å²) in [4.78, 5) is 24.0. The minimum Gasteiger partial charge on any atom is -0.326 e. The number of rotatable bonds is 2. The smallest absolute Gasteiger partial charge is 0.232 e. The van der Waals surface area contributed by atoms with E-state index in [0.717, 1.165) is 0 Å². The van der Waals surface area contributed by atoms with Crippen LogP contribution in [0.1, 0.15) is 17.9 Å². The maximum Gasteiger partial charge on any atom is 0.232 e. The Morgan fingerprint density at radius 1 is 1.14 bits per heavy atom. The first-order valence-corrected chi connectivity index (χ1v) is 6.68. The highest BCUT2D eigenvalue weighted by molar-refractivity contribution is 6.05. The number of carbonyl (C=O) groups excluding carboxylic acids is 2. The summed E-state index contributed by atoms with van der Waals surface area (Å²) in [5.74, 6) is -2.51. The average Bonchev–Trinajstić information content (AvgIpc) is 2.45. The molecule has 1 atom stereocenters. The Morgan fingerprint density at radius 2 is 1.91 bits per heavy atom. The van der Waals surface area contributed by atoms with Crippen LogP contribution < -0.4 is 10.6 Å². The molecule has 112 valence electrons. The van der Waals surface area contributed by atoms with Crippen LogP contribution in [0.5, 0.6) is 0 Å². The lowest BCUT2D eigenvalue weighted by Crippen LogP contribution is -2.30. The predicted molar refractivity (Wildman–Crippen MR) is 77.4 cm³/mol. The van der Waals surface area contributed by atoms with E-state index in [4.69, 9.17) is 0 Å². The zero-order chi connectivity index (χ0) is 15.7. The van der Waals surface area contributed by atoms with E-state index in [2.05, 4.69) is 10.6 Å². The first-order valence-electron chi connectivity index (χ1n) is 6.68. The van der Waals surface area contributed by atoms with Crippen LogP contribution in [0.15, 0.2) is 42.5 Å². The quantitative estimate of drug-likeness (QED) is 0.896. The van der Waals surface area contributed by atoms with E-state index < -0.39 is 23.5 Å². The molecule has 1 aliphatic rings. The molecule has 0 fully saturated rings.